The number of hydrogen-bond donors (Lipinski definition) is 0. The number of ether oxygens (including phenoxy) is 2. The summed E-state index contributed by atoms with van der Waals surface area (Å²) in [5.74, 6) is 1.80. The lowest BCUT2D eigenvalue weighted by molar-refractivity contribution is 0.244. The van der Waals surface area contributed by atoms with E-state index in [1.54, 1.807) is 14.2 Å². The second-order valence-corrected chi connectivity index (χ2v) is 9.09. The van der Waals surface area contributed by atoms with Crippen LogP contribution in [0.1, 0.15) is 45.7 Å². The van der Waals surface area contributed by atoms with Gasteiger partial charge >= 0.3 is 0 Å². The number of rotatable bonds is 4. The number of fused-ring (bicyclic) bond motifs is 3. The van der Waals surface area contributed by atoms with Gasteiger partial charge in [-0.2, -0.15) is 0 Å². The average Bonchev–Trinajstić information content (AvgIpc) is 3.11. The highest BCUT2D eigenvalue weighted by Crippen LogP contribution is 2.46. The van der Waals surface area contributed by atoms with Gasteiger partial charge in [-0.15, -0.1) is 12.4 Å². The Bertz CT molecular complexity index is 1020. The Balaban J connectivity index is 0.00000259. The Hall–Kier alpha value is -2.47. The molecule has 3 heterocycles. The van der Waals surface area contributed by atoms with E-state index in [9.17, 15) is 0 Å². The standard InChI is InChI=1S/C27H33N3O2.ClH/c1-28-16-14-22-24(26(28)18-6-10-20(31-4)11-7-18)25-23(30(22)3)15-17-29(2)27(25)19-8-12-21(32-5)13-9-19;/h6-13,26-27H,14-17H2,1-5H3;1H. The van der Waals surface area contributed by atoms with E-state index in [-0.39, 0.29) is 24.5 Å². The highest BCUT2D eigenvalue weighted by Gasteiger charge is 2.39. The van der Waals surface area contributed by atoms with Crippen LogP contribution >= 0.6 is 12.4 Å². The van der Waals surface area contributed by atoms with Crippen molar-refractivity contribution in [3.05, 3.63) is 82.2 Å². The Morgan fingerprint density at radius 1 is 0.636 bits per heavy atom. The maximum Gasteiger partial charge on any atom is 0.118 e. The monoisotopic (exact) mass is 467 g/mol. The van der Waals surface area contributed by atoms with Gasteiger partial charge in [-0.3, -0.25) is 9.80 Å². The third-order valence-electron chi connectivity index (χ3n) is 7.42. The smallest absolute Gasteiger partial charge is 0.118 e. The van der Waals surface area contributed by atoms with E-state index in [0.29, 0.717) is 0 Å². The first-order chi connectivity index (χ1) is 15.5. The van der Waals surface area contributed by atoms with Crippen molar-refractivity contribution in [3.63, 3.8) is 0 Å². The van der Waals surface area contributed by atoms with Crippen LogP contribution < -0.4 is 9.47 Å². The summed E-state index contributed by atoms with van der Waals surface area (Å²) in [6, 6.07) is 17.7. The predicted octanol–water partition coefficient (Wildman–Crippen LogP) is 4.62. The minimum Gasteiger partial charge on any atom is -0.497 e. The molecule has 0 N–H and O–H groups in total. The quantitative estimate of drug-likeness (QED) is 0.560. The number of methoxy groups -OCH3 is 2. The predicted molar refractivity (Wildman–Crippen MR) is 135 cm³/mol. The molecule has 2 atom stereocenters. The van der Waals surface area contributed by atoms with Gasteiger partial charge in [0.05, 0.1) is 26.3 Å². The molecule has 2 aromatic carbocycles. The first-order valence-electron chi connectivity index (χ1n) is 11.4. The first kappa shape index (κ1) is 23.7. The average molecular weight is 468 g/mol. The summed E-state index contributed by atoms with van der Waals surface area (Å²) in [6.45, 7) is 2.12. The van der Waals surface area contributed by atoms with Gasteiger partial charge in [0.1, 0.15) is 11.5 Å². The summed E-state index contributed by atoms with van der Waals surface area (Å²) in [6.07, 6.45) is 2.17. The van der Waals surface area contributed by atoms with E-state index in [1.165, 1.54) is 33.6 Å². The summed E-state index contributed by atoms with van der Waals surface area (Å²) < 4.78 is 13.3. The lowest BCUT2D eigenvalue weighted by Crippen LogP contribution is -2.36. The van der Waals surface area contributed by atoms with Crippen LogP contribution in [0.3, 0.4) is 0 Å². The molecule has 0 saturated heterocycles. The van der Waals surface area contributed by atoms with Crippen LogP contribution in [0, 0.1) is 0 Å². The van der Waals surface area contributed by atoms with Crippen molar-refractivity contribution in [2.75, 3.05) is 41.4 Å². The summed E-state index contributed by atoms with van der Waals surface area (Å²) in [5.41, 5.74) is 8.61. The van der Waals surface area contributed by atoms with Crippen LogP contribution in [0.15, 0.2) is 48.5 Å². The SMILES string of the molecule is COc1ccc(C2c3c4c(n(C)c3CCN2C)CCN(C)C4c2ccc(OC)cc2)cc1.Cl. The molecule has 2 aliphatic rings. The Kier molecular flexibility index (Phi) is 6.76. The van der Waals surface area contributed by atoms with Gasteiger partial charge in [0.2, 0.25) is 0 Å². The molecule has 1 aromatic heterocycles. The fourth-order valence-electron chi connectivity index (χ4n) is 5.73. The molecule has 0 saturated carbocycles. The molecule has 5 rings (SSSR count). The fourth-order valence-corrected chi connectivity index (χ4v) is 5.73. The zero-order valence-electron chi connectivity index (χ0n) is 20.2. The minimum atomic E-state index is 0. The molecule has 0 radical (unpaired) electrons. The molecular formula is C27H34ClN3O2. The molecule has 3 aromatic rings. The van der Waals surface area contributed by atoms with Crippen LogP contribution in [0.5, 0.6) is 11.5 Å². The molecule has 2 aliphatic heterocycles. The summed E-state index contributed by atoms with van der Waals surface area (Å²) in [4.78, 5) is 5.01. The molecule has 0 aliphatic carbocycles. The van der Waals surface area contributed by atoms with Crippen molar-refractivity contribution < 1.29 is 9.47 Å². The van der Waals surface area contributed by atoms with Crippen LogP contribution in [0.25, 0.3) is 0 Å². The van der Waals surface area contributed by atoms with Crippen LogP contribution in [0.4, 0.5) is 0 Å². The van der Waals surface area contributed by atoms with Crippen LogP contribution in [-0.4, -0.2) is 55.8 Å². The zero-order valence-corrected chi connectivity index (χ0v) is 21.0. The number of aromatic nitrogens is 1. The van der Waals surface area contributed by atoms with E-state index < -0.39 is 0 Å². The topological polar surface area (TPSA) is 29.9 Å². The lowest BCUT2D eigenvalue weighted by Gasteiger charge is -2.38. The molecule has 0 bridgehead atoms. The highest BCUT2D eigenvalue weighted by atomic mass is 35.5. The van der Waals surface area contributed by atoms with Gasteiger partial charge in [0, 0.05) is 55.5 Å². The largest absolute Gasteiger partial charge is 0.497 e. The second kappa shape index (κ2) is 9.41. The lowest BCUT2D eigenvalue weighted by atomic mass is 9.83. The molecule has 0 fully saturated rings. The molecular weight excluding hydrogens is 434 g/mol. The van der Waals surface area contributed by atoms with Gasteiger partial charge < -0.3 is 14.0 Å². The zero-order chi connectivity index (χ0) is 22.4. The Morgan fingerprint density at radius 2 is 1.00 bits per heavy atom. The summed E-state index contributed by atoms with van der Waals surface area (Å²) in [5, 5.41) is 0. The van der Waals surface area contributed by atoms with Gasteiger partial charge in [-0.25, -0.2) is 0 Å². The van der Waals surface area contributed by atoms with E-state index in [4.69, 9.17) is 9.47 Å². The van der Waals surface area contributed by atoms with Gasteiger partial charge in [-0.05, 0) is 49.5 Å². The maximum absolute atomic E-state index is 5.42. The molecule has 6 heteroatoms. The van der Waals surface area contributed by atoms with E-state index in [1.807, 2.05) is 0 Å². The number of likely N-dealkylation sites (N-methyl/N-ethyl adjacent to an activating group) is 2. The molecule has 5 nitrogen and oxygen atoms in total. The fraction of sp³-hybridized carbons (Fsp3) is 0.407. The normalized spacial score (nSPS) is 20.5. The highest BCUT2D eigenvalue weighted by molar-refractivity contribution is 5.85. The van der Waals surface area contributed by atoms with Gasteiger partial charge in [-0.1, -0.05) is 24.3 Å². The van der Waals surface area contributed by atoms with Crippen LogP contribution in [-0.2, 0) is 19.9 Å². The van der Waals surface area contributed by atoms with Crippen molar-refractivity contribution in [2.24, 2.45) is 7.05 Å². The van der Waals surface area contributed by atoms with Crippen molar-refractivity contribution in [1.29, 1.82) is 0 Å². The van der Waals surface area contributed by atoms with E-state index in [2.05, 4.69) is 84.0 Å². The summed E-state index contributed by atoms with van der Waals surface area (Å²) in [7, 11) is 10.2. The van der Waals surface area contributed by atoms with Crippen LogP contribution in [0.2, 0.25) is 0 Å². The molecule has 0 amide bonds. The van der Waals surface area contributed by atoms with Crippen molar-refractivity contribution in [3.8, 4) is 11.5 Å². The van der Waals surface area contributed by atoms with Crippen molar-refractivity contribution in [1.82, 2.24) is 14.4 Å². The number of nitrogens with zero attached hydrogens (tertiary/aromatic N) is 3. The number of benzene rings is 2. The first-order valence-corrected chi connectivity index (χ1v) is 11.4. The number of hydrogen-bond acceptors (Lipinski definition) is 4. The molecule has 2 unspecified atom stereocenters. The molecule has 176 valence electrons. The molecule has 0 spiro atoms. The summed E-state index contributed by atoms with van der Waals surface area (Å²) >= 11 is 0. The maximum atomic E-state index is 5.42. The van der Waals surface area contributed by atoms with E-state index >= 15 is 0 Å². The van der Waals surface area contributed by atoms with Gasteiger partial charge in [0.15, 0.2) is 0 Å². The van der Waals surface area contributed by atoms with Crippen molar-refractivity contribution >= 4 is 12.4 Å². The Morgan fingerprint density at radius 3 is 1.33 bits per heavy atom. The van der Waals surface area contributed by atoms with Crippen molar-refractivity contribution in [2.45, 2.75) is 24.9 Å². The number of halogens is 1. The van der Waals surface area contributed by atoms with Gasteiger partial charge in [0.25, 0.3) is 0 Å². The minimum absolute atomic E-state index is 0. The Labute approximate surface area is 203 Å². The third kappa shape index (κ3) is 3.92. The molecule has 33 heavy (non-hydrogen) atoms. The second-order valence-electron chi connectivity index (χ2n) is 9.09. The van der Waals surface area contributed by atoms with E-state index in [0.717, 1.165) is 37.4 Å². The third-order valence-corrected chi connectivity index (χ3v) is 7.42.